The number of hydrogen-bond donors (Lipinski definition) is 1. The number of rotatable bonds is 4. The molecule has 0 bridgehead atoms. The lowest BCUT2D eigenvalue weighted by Crippen LogP contribution is -2.52. The van der Waals surface area contributed by atoms with Crippen LogP contribution in [0, 0.1) is 0 Å². The molecule has 1 aromatic heterocycles. The Morgan fingerprint density at radius 2 is 2.15 bits per heavy atom. The molecule has 1 aromatic rings. The molecule has 1 N–H and O–H groups in total. The second-order valence-corrected chi connectivity index (χ2v) is 5.55. The predicted molar refractivity (Wildman–Crippen MR) is 72.6 cm³/mol. The average molecular weight is 279 g/mol. The Bertz CT molecular complexity index is 509. The zero-order valence-corrected chi connectivity index (χ0v) is 12.2. The quantitative estimate of drug-likeness (QED) is 0.860. The number of amides is 2. The zero-order valence-electron chi connectivity index (χ0n) is 12.2. The molecule has 2 amide bonds. The van der Waals surface area contributed by atoms with Gasteiger partial charge in [-0.05, 0) is 20.3 Å². The van der Waals surface area contributed by atoms with E-state index in [0.717, 1.165) is 18.8 Å². The second kappa shape index (κ2) is 5.60. The molecule has 0 unspecified atom stereocenters. The maximum Gasteiger partial charge on any atom is 0.248 e. The van der Waals surface area contributed by atoms with Crippen LogP contribution in [0.15, 0.2) is 6.33 Å². The van der Waals surface area contributed by atoms with Gasteiger partial charge >= 0.3 is 0 Å². The molecule has 7 heteroatoms. The molecular formula is C13H21N5O2. The molecular weight excluding hydrogens is 258 g/mol. The topological polar surface area (TPSA) is 80.1 Å². The third kappa shape index (κ3) is 2.97. The van der Waals surface area contributed by atoms with Crippen LogP contribution in [0.1, 0.15) is 39.4 Å². The summed E-state index contributed by atoms with van der Waals surface area (Å²) < 4.78 is 1.81. The first-order chi connectivity index (χ1) is 9.44. The van der Waals surface area contributed by atoms with Crippen LogP contribution in [0.5, 0.6) is 0 Å². The van der Waals surface area contributed by atoms with Gasteiger partial charge in [-0.25, -0.2) is 9.67 Å². The first-order valence-corrected chi connectivity index (χ1v) is 6.91. The molecule has 0 spiro atoms. The lowest BCUT2D eigenvalue weighted by atomic mass is 10.0. The Kier molecular flexibility index (Phi) is 4.06. The van der Waals surface area contributed by atoms with Crippen LogP contribution < -0.4 is 5.32 Å². The van der Waals surface area contributed by atoms with Gasteiger partial charge in [-0.2, -0.15) is 5.10 Å². The van der Waals surface area contributed by atoms with Gasteiger partial charge in [0.25, 0.3) is 0 Å². The number of nitrogens with zero attached hydrogens (tertiary/aromatic N) is 4. The SMILES string of the molecule is CCCn1ncnc1CN1CCC(=O)NC(C)(C)C1=O. The van der Waals surface area contributed by atoms with Crippen LogP contribution >= 0.6 is 0 Å². The highest BCUT2D eigenvalue weighted by Gasteiger charge is 2.36. The van der Waals surface area contributed by atoms with Crippen LogP contribution in [0.4, 0.5) is 0 Å². The average Bonchev–Trinajstić information content (AvgIpc) is 2.77. The van der Waals surface area contributed by atoms with Crippen LogP contribution in [-0.2, 0) is 22.7 Å². The number of carbonyl (C=O) groups is 2. The van der Waals surface area contributed by atoms with Crippen molar-refractivity contribution in [1.29, 1.82) is 0 Å². The van der Waals surface area contributed by atoms with E-state index in [2.05, 4.69) is 22.3 Å². The summed E-state index contributed by atoms with van der Waals surface area (Å²) >= 11 is 0. The van der Waals surface area contributed by atoms with E-state index in [1.165, 1.54) is 6.33 Å². The van der Waals surface area contributed by atoms with Crippen molar-refractivity contribution in [3.8, 4) is 0 Å². The monoisotopic (exact) mass is 279 g/mol. The van der Waals surface area contributed by atoms with Gasteiger partial charge in [0.2, 0.25) is 11.8 Å². The summed E-state index contributed by atoms with van der Waals surface area (Å²) in [4.78, 5) is 30.0. The summed E-state index contributed by atoms with van der Waals surface area (Å²) in [6.45, 7) is 7.08. The number of hydrogen-bond acceptors (Lipinski definition) is 4. The van der Waals surface area contributed by atoms with Crippen molar-refractivity contribution in [2.75, 3.05) is 6.54 Å². The summed E-state index contributed by atoms with van der Waals surface area (Å²) in [7, 11) is 0. The highest BCUT2D eigenvalue weighted by molar-refractivity contribution is 5.92. The van der Waals surface area contributed by atoms with Gasteiger partial charge in [0.05, 0.1) is 6.54 Å². The molecule has 110 valence electrons. The normalized spacial score (nSPS) is 18.9. The second-order valence-electron chi connectivity index (χ2n) is 5.55. The van der Waals surface area contributed by atoms with E-state index in [4.69, 9.17) is 0 Å². The van der Waals surface area contributed by atoms with Gasteiger partial charge in [-0.3, -0.25) is 9.59 Å². The lowest BCUT2D eigenvalue weighted by molar-refractivity contribution is -0.138. The van der Waals surface area contributed by atoms with Crippen LogP contribution in [0.2, 0.25) is 0 Å². The molecule has 0 atom stereocenters. The maximum atomic E-state index is 12.5. The van der Waals surface area contributed by atoms with E-state index >= 15 is 0 Å². The standard InChI is InChI=1S/C13H21N5O2/c1-4-6-18-10(14-9-15-18)8-17-7-5-11(19)16-13(2,3)12(17)20/h9H,4-8H2,1-3H3,(H,16,19). The van der Waals surface area contributed by atoms with Crippen LogP contribution in [-0.4, -0.2) is 43.6 Å². The zero-order chi connectivity index (χ0) is 14.8. The lowest BCUT2D eigenvalue weighted by Gasteiger charge is -2.28. The Morgan fingerprint density at radius 1 is 1.40 bits per heavy atom. The van der Waals surface area contributed by atoms with E-state index in [9.17, 15) is 9.59 Å². The molecule has 2 rings (SSSR count). The number of aryl methyl sites for hydroxylation is 1. The molecule has 1 aliphatic heterocycles. The van der Waals surface area contributed by atoms with Gasteiger partial charge < -0.3 is 10.2 Å². The van der Waals surface area contributed by atoms with Crippen LogP contribution in [0.3, 0.4) is 0 Å². The summed E-state index contributed by atoms with van der Waals surface area (Å²) in [6.07, 6.45) is 2.77. The summed E-state index contributed by atoms with van der Waals surface area (Å²) in [5, 5.41) is 6.90. The van der Waals surface area contributed by atoms with Gasteiger partial charge in [0, 0.05) is 19.5 Å². The van der Waals surface area contributed by atoms with E-state index in [1.54, 1.807) is 23.4 Å². The fraction of sp³-hybridized carbons (Fsp3) is 0.692. The van der Waals surface area contributed by atoms with Gasteiger partial charge in [0.1, 0.15) is 17.7 Å². The molecule has 0 saturated carbocycles. The molecule has 0 radical (unpaired) electrons. The van der Waals surface area contributed by atoms with E-state index in [-0.39, 0.29) is 11.8 Å². The van der Waals surface area contributed by atoms with Crippen molar-refractivity contribution < 1.29 is 9.59 Å². The largest absolute Gasteiger partial charge is 0.342 e. The van der Waals surface area contributed by atoms with E-state index in [0.29, 0.717) is 19.5 Å². The smallest absolute Gasteiger partial charge is 0.248 e. The minimum Gasteiger partial charge on any atom is -0.342 e. The van der Waals surface area contributed by atoms with Crippen molar-refractivity contribution >= 4 is 11.8 Å². The fourth-order valence-electron chi connectivity index (χ4n) is 2.33. The third-order valence-corrected chi connectivity index (χ3v) is 3.35. The molecule has 1 saturated heterocycles. The minimum absolute atomic E-state index is 0.0885. The van der Waals surface area contributed by atoms with Crippen molar-refractivity contribution in [3.63, 3.8) is 0 Å². The van der Waals surface area contributed by atoms with Crippen LogP contribution in [0.25, 0.3) is 0 Å². The molecule has 7 nitrogen and oxygen atoms in total. The van der Waals surface area contributed by atoms with Crippen molar-refractivity contribution in [1.82, 2.24) is 25.0 Å². The number of carbonyl (C=O) groups excluding carboxylic acids is 2. The fourth-order valence-corrected chi connectivity index (χ4v) is 2.33. The van der Waals surface area contributed by atoms with Crippen molar-refractivity contribution in [2.45, 2.75) is 52.2 Å². The Hall–Kier alpha value is -1.92. The minimum atomic E-state index is -0.872. The first kappa shape index (κ1) is 14.5. The molecule has 1 aliphatic rings. The van der Waals surface area contributed by atoms with E-state index in [1.807, 2.05) is 0 Å². The van der Waals surface area contributed by atoms with Crippen molar-refractivity contribution in [2.24, 2.45) is 0 Å². The molecule has 0 aliphatic carbocycles. The summed E-state index contributed by atoms with van der Waals surface area (Å²) in [6, 6.07) is 0. The maximum absolute atomic E-state index is 12.5. The highest BCUT2D eigenvalue weighted by atomic mass is 16.2. The third-order valence-electron chi connectivity index (χ3n) is 3.35. The first-order valence-electron chi connectivity index (χ1n) is 6.91. The van der Waals surface area contributed by atoms with Gasteiger partial charge in [-0.15, -0.1) is 0 Å². The summed E-state index contributed by atoms with van der Waals surface area (Å²) in [5.41, 5.74) is -0.872. The van der Waals surface area contributed by atoms with Gasteiger partial charge in [-0.1, -0.05) is 6.92 Å². The number of nitrogens with one attached hydrogen (secondary N) is 1. The Morgan fingerprint density at radius 3 is 2.85 bits per heavy atom. The molecule has 2 heterocycles. The molecule has 0 aromatic carbocycles. The molecule has 20 heavy (non-hydrogen) atoms. The summed E-state index contributed by atoms with van der Waals surface area (Å²) in [5.74, 6) is 0.570. The predicted octanol–water partition coefficient (Wildman–Crippen LogP) is 0.315. The Labute approximate surface area is 118 Å². The van der Waals surface area contributed by atoms with Crippen molar-refractivity contribution in [3.05, 3.63) is 12.2 Å². The molecule has 1 fully saturated rings. The highest BCUT2D eigenvalue weighted by Crippen LogP contribution is 2.15. The van der Waals surface area contributed by atoms with Gasteiger partial charge in [0.15, 0.2) is 0 Å². The Balaban J connectivity index is 2.16. The number of aromatic nitrogens is 3. The van der Waals surface area contributed by atoms with E-state index < -0.39 is 5.54 Å².